The van der Waals surface area contributed by atoms with Crippen molar-refractivity contribution in [2.45, 2.75) is 12.5 Å². The predicted molar refractivity (Wildman–Crippen MR) is 73.1 cm³/mol. The largest absolute Gasteiger partial charge is 0.305 e. The first-order valence-electron chi connectivity index (χ1n) is 6.00. The third kappa shape index (κ3) is 2.00. The van der Waals surface area contributed by atoms with Crippen molar-refractivity contribution in [2.75, 3.05) is 20.1 Å². The number of benzene rings is 1. The Bertz CT molecular complexity index is 458. The van der Waals surface area contributed by atoms with Gasteiger partial charge in [0.25, 0.3) is 0 Å². The molecule has 1 aromatic carbocycles. The molecule has 2 heterocycles. The van der Waals surface area contributed by atoms with Crippen molar-refractivity contribution in [3.63, 3.8) is 0 Å². The summed E-state index contributed by atoms with van der Waals surface area (Å²) in [5, 5.41) is 4.51. The number of hydrogen-bond donors (Lipinski definition) is 1. The van der Waals surface area contributed by atoms with E-state index in [4.69, 9.17) is 0 Å². The molecule has 0 spiro atoms. The second-order valence-corrected chi connectivity index (χ2v) is 5.70. The predicted octanol–water partition coefficient (Wildman–Crippen LogP) is 2.40. The minimum atomic E-state index is 0.323. The van der Waals surface area contributed by atoms with Crippen LogP contribution in [-0.2, 0) is 0 Å². The van der Waals surface area contributed by atoms with E-state index in [2.05, 4.69) is 62.7 Å². The van der Waals surface area contributed by atoms with Crippen molar-refractivity contribution in [3.05, 3.63) is 34.3 Å². The van der Waals surface area contributed by atoms with Crippen LogP contribution in [0.25, 0.3) is 0 Å². The fourth-order valence-electron chi connectivity index (χ4n) is 2.72. The minimum absolute atomic E-state index is 0.323. The van der Waals surface area contributed by atoms with E-state index in [1.165, 1.54) is 15.7 Å². The van der Waals surface area contributed by atoms with Crippen molar-refractivity contribution in [2.24, 2.45) is 11.0 Å². The Hall–Kier alpha value is -0.870. The van der Waals surface area contributed by atoms with Gasteiger partial charge in [-0.05, 0) is 18.7 Å². The van der Waals surface area contributed by atoms with E-state index >= 15 is 0 Å². The third-order valence-electron chi connectivity index (χ3n) is 3.68. The van der Waals surface area contributed by atoms with Crippen molar-refractivity contribution in [3.8, 4) is 0 Å². The molecular formula is C13H16BrN3. The molecule has 0 radical (unpaired) electrons. The molecule has 2 unspecified atom stereocenters. The van der Waals surface area contributed by atoms with Crippen molar-refractivity contribution >= 4 is 21.6 Å². The number of nitrogens with zero attached hydrogens (tertiary/aromatic N) is 2. The lowest BCUT2D eigenvalue weighted by Gasteiger charge is -2.31. The average molecular weight is 294 g/mol. The summed E-state index contributed by atoms with van der Waals surface area (Å²) in [5.41, 5.74) is 5.96. The van der Waals surface area contributed by atoms with Gasteiger partial charge in [-0.15, -0.1) is 0 Å². The van der Waals surface area contributed by atoms with Crippen LogP contribution in [0, 0.1) is 5.92 Å². The topological polar surface area (TPSA) is 27.6 Å². The Kier molecular flexibility index (Phi) is 2.92. The lowest BCUT2D eigenvalue weighted by Crippen LogP contribution is -2.39. The summed E-state index contributed by atoms with van der Waals surface area (Å²) in [6.07, 6.45) is 1.09. The van der Waals surface area contributed by atoms with E-state index in [0.29, 0.717) is 12.0 Å². The smallest absolute Gasteiger partial charge is 0.0793 e. The van der Waals surface area contributed by atoms with E-state index < -0.39 is 0 Å². The van der Waals surface area contributed by atoms with Gasteiger partial charge in [-0.2, -0.15) is 5.10 Å². The number of halogens is 1. The summed E-state index contributed by atoms with van der Waals surface area (Å²) >= 11 is 3.63. The van der Waals surface area contributed by atoms with Gasteiger partial charge in [0.05, 0.1) is 6.04 Å². The molecular weight excluding hydrogens is 278 g/mol. The number of rotatable bonds is 1. The molecule has 0 bridgehead atoms. The maximum Gasteiger partial charge on any atom is 0.0793 e. The molecule has 1 saturated heterocycles. The number of hydrazone groups is 1. The van der Waals surface area contributed by atoms with E-state index in [1.54, 1.807) is 0 Å². The normalized spacial score (nSPS) is 28.5. The molecule has 3 rings (SSSR count). The second-order valence-electron chi connectivity index (χ2n) is 4.85. The average Bonchev–Trinajstić information content (AvgIpc) is 2.72. The summed E-state index contributed by atoms with van der Waals surface area (Å²) in [5.74, 6) is 0.521. The van der Waals surface area contributed by atoms with Gasteiger partial charge in [0.1, 0.15) is 0 Å². The van der Waals surface area contributed by atoms with Gasteiger partial charge in [0.15, 0.2) is 0 Å². The van der Waals surface area contributed by atoms with Crippen LogP contribution in [0.1, 0.15) is 18.0 Å². The molecule has 2 atom stereocenters. The minimum Gasteiger partial charge on any atom is -0.305 e. The summed E-state index contributed by atoms with van der Waals surface area (Å²) in [7, 11) is 2.19. The Morgan fingerprint density at radius 2 is 2.24 bits per heavy atom. The van der Waals surface area contributed by atoms with Gasteiger partial charge in [0.2, 0.25) is 0 Å². The van der Waals surface area contributed by atoms with Crippen LogP contribution in [-0.4, -0.2) is 30.7 Å². The Balaban J connectivity index is 1.89. The van der Waals surface area contributed by atoms with Crippen LogP contribution in [0.2, 0.25) is 0 Å². The highest BCUT2D eigenvalue weighted by atomic mass is 79.9. The molecule has 1 fully saturated rings. The van der Waals surface area contributed by atoms with Gasteiger partial charge >= 0.3 is 0 Å². The first-order chi connectivity index (χ1) is 8.25. The number of likely N-dealkylation sites (tertiary alicyclic amines) is 1. The molecule has 0 aromatic heterocycles. The van der Waals surface area contributed by atoms with E-state index in [1.807, 2.05) is 0 Å². The summed E-state index contributed by atoms with van der Waals surface area (Å²) in [6, 6.07) is 8.74. The summed E-state index contributed by atoms with van der Waals surface area (Å²) in [4.78, 5) is 2.39. The quantitative estimate of drug-likeness (QED) is 0.861. The molecule has 2 aliphatic rings. The fourth-order valence-corrected chi connectivity index (χ4v) is 3.25. The van der Waals surface area contributed by atoms with Gasteiger partial charge in [0, 0.05) is 35.6 Å². The van der Waals surface area contributed by atoms with Crippen LogP contribution in [0.3, 0.4) is 0 Å². The molecule has 17 heavy (non-hydrogen) atoms. The molecule has 1 aromatic rings. The zero-order valence-corrected chi connectivity index (χ0v) is 11.4. The van der Waals surface area contributed by atoms with Crippen LogP contribution in [0.15, 0.2) is 33.8 Å². The number of hydrogen-bond acceptors (Lipinski definition) is 3. The van der Waals surface area contributed by atoms with E-state index in [9.17, 15) is 0 Å². The van der Waals surface area contributed by atoms with Crippen LogP contribution in [0.4, 0.5) is 0 Å². The SMILES string of the molecule is CN1CCC2=NNC(c3ccccc3Br)C2C1. The lowest BCUT2D eigenvalue weighted by atomic mass is 9.87. The second kappa shape index (κ2) is 4.42. The monoisotopic (exact) mass is 293 g/mol. The molecule has 4 heteroatoms. The fraction of sp³-hybridized carbons (Fsp3) is 0.462. The standard InChI is InChI=1S/C13H16BrN3/c1-17-7-6-12-10(8-17)13(16-15-12)9-4-2-3-5-11(9)14/h2-5,10,13,16H,6-8H2,1H3. The summed E-state index contributed by atoms with van der Waals surface area (Å²) in [6.45, 7) is 2.22. The van der Waals surface area contributed by atoms with Gasteiger partial charge in [-0.25, -0.2) is 0 Å². The molecule has 1 N–H and O–H groups in total. The van der Waals surface area contributed by atoms with Gasteiger partial charge < -0.3 is 10.3 Å². The number of nitrogens with one attached hydrogen (secondary N) is 1. The molecule has 2 aliphatic heterocycles. The van der Waals surface area contributed by atoms with Crippen LogP contribution in [0.5, 0.6) is 0 Å². The zero-order chi connectivity index (χ0) is 11.8. The molecule has 0 saturated carbocycles. The van der Waals surface area contributed by atoms with E-state index in [0.717, 1.165) is 19.5 Å². The van der Waals surface area contributed by atoms with E-state index in [-0.39, 0.29) is 0 Å². The molecule has 3 nitrogen and oxygen atoms in total. The first-order valence-corrected chi connectivity index (χ1v) is 6.80. The Labute approximate surface area is 110 Å². The Morgan fingerprint density at radius 1 is 1.41 bits per heavy atom. The molecule has 0 amide bonds. The molecule has 0 aliphatic carbocycles. The molecule has 90 valence electrons. The van der Waals surface area contributed by atoms with Crippen molar-refractivity contribution in [1.82, 2.24) is 10.3 Å². The Morgan fingerprint density at radius 3 is 3.06 bits per heavy atom. The maximum absolute atomic E-state index is 4.51. The highest BCUT2D eigenvalue weighted by molar-refractivity contribution is 9.10. The van der Waals surface area contributed by atoms with Gasteiger partial charge in [-0.3, -0.25) is 0 Å². The van der Waals surface area contributed by atoms with Crippen LogP contribution >= 0.6 is 15.9 Å². The maximum atomic E-state index is 4.51. The third-order valence-corrected chi connectivity index (χ3v) is 4.40. The van der Waals surface area contributed by atoms with Crippen molar-refractivity contribution in [1.29, 1.82) is 0 Å². The highest BCUT2D eigenvalue weighted by Gasteiger charge is 2.36. The van der Waals surface area contributed by atoms with Crippen LogP contribution < -0.4 is 5.43 Å². The number of piperidine rings is 1. The summed E-state index contributed by atoms with van der Waals surface area (Å²) < 4.78 is 1.17. The number of fused-ring (bicyclic) bond motifs is 1. The highest BCUT2D eigenvalue weighted by Crippen LogP contribution is 2.35. The lowest BCUT2D eigenvalue weighted by molar-refractivity contribution is 0.272. The zero-order valence-electron chi connectivity index (χ0n) is 9.86. The first kappa shape index (κ1) is 11.2. The van der Waals surface area contributed by atoms with Gasteiger partial charge in [-0.1, -0.05) is 34.1 Å². The van der Waals surface area contributed by atoms with Crippen molar-refractivity contribution < 1.29 is 0 Å².